The van der Waals surface area contributed by atoms with Crippen molar-refractivity contribution in [1.82, 2.24) is 5.32 Å². The van der Waals surface area contributed by atoms with Crippen LogP contribution >= 0.6 is 0 Å². The molecule has 1 fully saturated rings. The van der Waals surface area contributed by atoms with Crippen LogP contribution in [0.4, 0.5) is 4.79 Å². The number of alkyl carbamates (subject to hydrolysis) is 1. The average molecular weight is 228 g/mol. The van der Waals surface area contributed by atoms with Crippen molar-refractivity contribution in [1.29, 1.82) is 0 Å². The first-order valence-corrected chi connectivity index (χ1v) is 5.45. The van der Waals surface area contributed by atoms with Crippen LogP contribution in [0.5, 0.6) is 0 Å². The number of hydrogen-bond donors (Lipinski definition) is 2. The number of Topliss-reactive ketones (excluding diaryl/α,β-unsaturated/α-hetero) is 1. The fourth-order valence-corrected chi connectivity index (χ4v) is 1.70. The van der Waals surface area contributed by atoms with Crippen LogP contribution in [0.3, 0.4) is 0 Å². The van der Waals surface area contributed by atoms with Crippen molar-refractivity contribution in [2.75, 3.05) is 13.1 Å². The van der Waals surface area contributed by atoms with Gasteiger partial charge in [0, 0.05) is 31.3 Å². The van der Waals surface area contributed by atoms with Crippen LogP contribution in [0.15, 0.2) is 0 Å². The molecule has 92 valence electrons. The summed E-state index contributed by atoms with van der Waals surface area (Å²) in [6.07, 6.45) is 0.457. The lowest BCUT2D eigenvalue weighted by Crippen LogP contribution is -2.51. The molecular weight excluding hydrogens is 208 g/mol. The van der Waals surface area contributed by atoms with Gasteiger partial charge in [-0.1, -0.05) is 0 Å². The molecule has 0 unspecified atom stereocenters. The molecule has 1 aliphatic rings. The number of carbonyl (C=O) groups excluding carboxylic acids is 2. The summed E-state index contributed by atoms with van der Waals surface area (Å²) in [5, 5.41) is 2.66. The summed E-state index contributed by atoms with van der Waals surface area (Å²) >= 11 is 0. The van der Waals surface area contributed by atoms with Crippen molar-refractivity contribution in [3.05, 3.63) is 0 Å². The number of hydrogen-bond acceptors (Lipinski definition) is 4. The van der Waals surface area contributed by atoms with Gasteiger partial charge in [-0.05, 0) is 20.8 Å². The van der Waals surface area contributed by atoms with Gasteiger partial charge in [0.05, 0.1) is 0 Å². The Bertz CT molecular complexity index is 286. The maximum atomic E-state index is 11.4. The molecule has 0 spiro atoms. The summed E-state index contributed by atoms with van der Waals surface area (Å²) in [6, 6.07) is 0. The van der Waals surface area contributed by atoms with E-state index in [4.69, 9.17) is 10.5 Å². The number of ether oxygens (including phenoxy) is 1. The highest BCUT2D eigenvalue weighted by Gasteiger charge is 2.42. The van der Waals surface area contributed by atoms with Crippen molar-refractivity contribution in [2.45, 2.75) is 39.2 Å². The average Bonchev–Trinajstić information content (AvgIpc) is 2.07. The van der Waals surface area contributed by atoms with Gasteiger partial charge in [0.1, 0.15) is 11.4 Å². The summed E-state index contributed by atoms with van der Waals surface area (Å²) in [5.41, 5.74) is 4.85. The second-order valence-electron chi connectivity index (χ2n) is 5.45. The quantitative estimate of drug-likeness (QED) is 0.749. The topological polar surface area (TPSA) is 81.4 Å². The number of nitrogens with two attached hydrogens (primary N) is 1. The van der Waals surface area contributed by atoms with E-state index in [2.05, 4.69) is 5.32 Å². The van der Waals surface area contributed by atoms with E-state index in [9.17, 15) is 9.59 Å². The van der Waals surface area contributed by atoms with Gasteiger partial charge < -0.3 is 15.8 Å². The molecule has 0 aliphatic heterocycles. The molecule has 0 atom stereocenters. The third-order valence-corrected chi connectivity index (χ3v) is 2.58. The molecule has 1 saturated carbocycles. The summed E-state index contributed by atoms with van der Waals surface area (Å²) in [5.74, 6) is 0.205. The Morgan fingerprint density at radius 3 is 2.44 bits per heavy atom. The van der Waals surface area contributed by atoms with E-state index < -0.39 is 11.7 Å². The molecule has 0 saturated heterocycles. The van der Waals surface area contributed by atoms with Crippen LogP contribution in [-0.2, 0) is 9.53 Å². The molecule has 0 radical (unpaired) electrons. The largest absolute Gasteiger partial charge is 0.444 e. The standard InChI is InChI=1S/C11H20N2O3/c1-10(2,3)16-9(15)13-7-11(6-12)4-8(14)5-11/h4-7,12H2,1-3H3,(H,13,15). The summed E-state index contributed by atoms with van der Waals surface area (Å²) in [4.78, 5) is 22.3. The van der Waals surface area contributed by atoms with Gasteiger partial charge in [0.2, 0.25) is 0 Å². The number of nitrogens with one attached hydrogen (secondary N) is 1. The van der Waals surface area contributed by atoms with E-state index in [1.54, 1.807) is 20.8 Å². The minimum atomic E-state index is -0.505. The van der Waals surface area contributed by atoms with Crippen LogP contribution in [0.2, 0.25) is 0 Å². The Morgan fingerprint density at radius 1 is 1.50 bits per heavy atom. The van der Waals surface area contributed by atoms with Gasteiger partial charge >= 0.3 is 6.09 Å². The lowest BCUT2D eigenvalue weighted by Gasteiger charge is -2.39. The van der Waals surface area contributed by atoms with Gasteiger partial charge in [-0.3, -0.25) is 4.79 Å². The molecular formula is C11H20N2O3. The molecule has 16 heavy (non-hydrogen) atoms. The summed E-state index contributed by atoms with van der Waals surface area (Å²) in [7, 11) is 0. The number of rotatable bonds is 3. The van der Waals surface area contributed by atoms with E-state index in [1.165, 1.54) is 0 Å². The minimum Gasteiger partial charge on any atom is -0.444 e. The van der Waals surface area contributed by atoms with E-state index in [0.29, 0.717) is 25.9 Å². The van der Waals surface area contributed by atoms with Crippen LogP contribution in [0.1, 0.15) is 33.6 Å². The highest BCUT2D eigenvalue weighted by atomic mass is 16.6. The lowest BCUT2D eigenvalue weighted by atomic mass is 9.68. The molecule has 5 nitrogen and oxygen atoms in total. The first-order valence-electron chi connectivity index (χ1n) is 5.45. The molecule has 0 aromatic heterocycles. The number of amides is 1. The monoisotopic (exact) mass is 228 g/mol. The molecule has 1 rings (SSSR count). The molecule has 1 amide bonds. The molecule has 3 N–H and O–H groups in total. The van der Waals surface area contributed by atoms with Crippen molar-refractivity contribution < 1.29 is 14.3 Å². The Morgan fingerprint density at radius 2 is 2.06 bits per heavy atom. The predicted molar refractivity (Wildman–Crippen MR) is 60.0 cm³/mol. The fourth-order valence-electron chi connectivity index (χ4n) is 1.70. The van der Waals surface area contributed by atoms with Gasteiger partial charge in [-0.2, -0.15) is 0 Å². The maximum absolute atomic E-state index is 11.4. The second-order valence-corrected chi connectivity index (χ2v) is 5.45. The predicted octanol–water partition coefficient (Wildman–Crippen LogP) is 0.819. The molecule has 0 aromatic carbocycles. The first kappa shape index (κ1) is 13.0. The second kappa shape index (κ2) is 4.41. The van der Waals surface area contributed by atoms with Gasteiger partial charge in [-0.15, -0.1) is 0 Å². The number of ketones is 1. The summed E-state index contributed by atoms with van der Waals surface area (Å²) in [6.45, 7) is 6.23. The first-order chi connectivity index (χ1) is 7.26. The van der Waals surface area contributed by atoms with E-state index in [1.807, 2.05) is 0 Å². The lowest BCUT2D eigenvalue weighted by molar-refractivity contribution is -0.132. The van der Waals surface area contributed by atoms with Gasteiger partial charge in [-0.25, -0.2) is 4.79 Å². The molecule has 0 heterocycles. The third-order valence-electron chi connectivity index (χ3n) is 2.58. The van der Waals surface area contributed by atoms with Crippen molar-refractivity contribution in [2.24, 2.45) is 11.1 Å². The van der Waals surface area contributed by atoms with Crippen LogP contribution in [0.25, 0.3) is 0 Å². The minimum absolute atomic E-state index is 0.205. The zero-order valence-electron chi connectivity index (χ0n) is 10.1. The highest BCUT2D eigenvalue weighted by molar-refractivity contribution is 5.86. The Labute approximate surface area is 95.7 Å². The smallest absolute Gasteiger partial charge is 0.407 e. The van der Waals surface area contributed by atoms with Gasteiger partial charge in [0.15, 0.2) is 0 Å². The SMILES string of the molecule is CC(C)(C)OC(=O)NCC1(CN)CC(=O)C1. The van der Waals surface area contributed by atoms with E-state index >= 15 is 0 Å². The van der Waals surface area contributed by atoms with Crippen LogP contribution in [0, 0.1) is 5.41 Å². The summed E-state index contributed by atoms with van der Waals surface area (Å²) < 4.78 is 5.10. The van der Waals surface area contributed by atoms with Crippen molar-refractivity contribution in [3.8, 4) is 0 Å². The van der Waals surface area contributed by atoms with Crippen molar-refractivity contribution >= 4 is 11.9 Å². The molecule has 1 aliphatic carbocycles. The van der Waals surface area contributed by atoms with Crippen molar-refractivity contribution in [3.63, 3.8) is 0 Å². The Balaban J connectivity index is 2.34. The number of carbonyl (C=O) groups is 2. The Kier molecular flexibility index (Phi) is 3.57. The zero-order chi connectivity index (χ0) is 12.4. The van der Waals surface area contributed by atoms with Crippen LogP contribution in [-0.4, -0.2) is 30.6 Å². The molecule has 0 bridgehead atoms. The van der Waals surface area contributed by atoms with E-state index in [-0.39, 0.29) is 11.2 Å². The van der Waals surface area contributed by atoms with E-state index in [0.717, 1.165) is 0 Å². The fraction of sp³-hybridized carbons (Fsp3) is 0.818. The normalized spacial score (nSPS) is 18.9. The maximum Gasteiger partial charge on any atom is 0.407 e. The molecule has 5 heteroatoms. The zero-order valence-corrected chi connectivity index (χ0v) is 10.1. The van der Waals surface area contributed by atoms with Gasteiger partial charge in [0.25, 0.3) is 0 Å². The Hall–Kier alpha value is -1.10. The highest BCUT2D eigenvalue weighted by Crippen LogP contribution is 2.36. The molecule has 0 aromatic rings. The third kappa shape index (κ3) is 3.48. The van der Waals surface area contributed by atoms with Crippen LogP contribution < -0.4 is 11.1 Å².